The van der Waals surface area contributed by atoms with E-state index in [-0.39, 0.29) is 11.8 Å². The third-order valence-electron chi connectivity index (χ3n) is 3.72. The first-order chi connectivity index (χ1) is 11.4. The monoisotopic (exact) mass is 359 g/mol. The maximum absolute atomic E-state index is 12.1. The predicted molar refractivity (Wildman–Crippen MR) is 98.9 cm³/mol. The summed E-state index contributed by atoms with van der Waals surface area (Å²) in [6.45, 7) is 6.85. The van der Waals surface area contributed by atoms with Gasteiger partial charge in [-0.05, 0) is 75.9 Å². The molecule has 7 heteroatoms. The van der Waals surface area contributed by atoms with Crippen molar-refractivity contribution in [3.8, 4) is 5.75 Å². The maximum atomic E-state index is 12.1. The van der Waals surface area contributed by atoms with Crippen molar-refractivity contribution in [1.29, 1.82) is 0 Å². The van der Waals surface area contributed by atoms with Crippen LogP contribution in [0.1, 0.15) is 33.6 Å². The van der Waals surface area contributed by atoms with Gasteiger partial charge in [-0.2, -0.15) is 8.78 Å². The van der Waals surface area contributed by atoms with Gasteiger partial charge in [0.05, 0.1) is 0 Å². The number of anilines is 1. The lowest BCUT2D eigenvalue weighted by molar-refractivity contribution is -0.0498. The fraction of sp³-hybridized carbons (Fsp3) is 0.588. The van der Waals surface area contributed by atoms with Crippen LogP contribution in [0.25, 0.3) is 0 Å². The summed E-state index contributed by atoms with van der Waals surface area (Å²) in [5.41, 5.74) is 0.726. The molecular formula is C17H27F2N3OS. The Balaban J connectivity index is 2.32. The molecule has 0 saturated carbocycles. The Kier molecular flexibility index (Phi) is 9.56. The summed E-state index contributed by atoms with van der Waals surface area (Å²) in [5, 5.41) is 6.80. The first-order valence-electron chi connectivity index (χ1n) is 8.29. The van der Waals surface area contributed by atoms with E-state index in [2.05, 4.69) is 41.0 Å². The van der Waals surface area contributed by atoms with Crippen LogP contribution >= 0.6 is 12.2 Å². The number of hydrogen-bond acceptors (Lipinski definition) is 3. The summed E-state index contributed by atoms with van der Waals surface area (Å²) in [7, 11) is 0. The van der Waals surface area contributed by atoms with Crippen LogP contribution in [0, 0.1) is 0 Å². The quantitative estimate of drug-likeness (QED) is 0.616. The minimum absolute atomic E-state index is 0.124. The third kappa shape index (κ3) is 8.40. The van der Waals surface area contributed by atoms with Crippen molar-refractivity contribution in [3.63, 3.8) is 0 Å². The van der Waals surface area contributed by atoms with Gasteiger partial charge < -0.3 is 20.3 Å². The van der Waals surface area contributed by atoms with E-state index in [1.807, 2.05) is 0 Å². The van der Waals surface area contributed by atoms with Crippen LogP contribution < -0.4 is 15.4 Å². The van der Waals surface area contributed by atoms with E-state index in [9.17, 15) is 8.78 Å². The Bertz CT molecular complexity index is 481. The number of ether oxygens (including phenoxy) is 1. The van der Waals surface area contributed by atoms with Gasteiger partial charge in [0.1, 0.15) is 5.75 Å². The maximum Gasteiger partial charge on any atom is 0.387 e. The average molecular weight is 359 g/mol. The highest BCUT2D eigenvalue weighted by Gasteiger charge is 2.07. The molecule has 2 N–H and O–H groups in total. The Hall–Kier alpha value is -1.47. The highest BCUT2D eigenvalue weighted by atomic mass is 32.1. The molecule has 0 radical (unpaired) electrons. The van der Waals surface area contributed by atoms with Crippen LogP contribution in [0.3, 0.4) is 0 Å². The topological polar surface area (TPSA) is 36.5 Å². The SMILES string of the molecule is CCN(CC)CCCC(C)NC(=S)Nc1ccc(OC(F)F)cc1. The van der Waals surface area contributed by atoms with Gasteiger partial charge in [0.2, 0.25) is 0 Å². The molecule has 1 aromatic carbocycles. The summed E-state index contributed by atoms with van der Waals surface area (Å²) in [6, 6.07) is 6.52. The van der Waals surface area contributed by atoms with E-state index in [0.29, 0.717) is 5.11 Å². The lowest BCUT2D eigenvalue weighted by atomic mass is 10.2. The number of hydrogen-bond donors (Lipinski definition) is 2. The van der Waals surface area contributed by atoms with Crippen molar-refractivity contribution in [3.05, 3.63) is 24.3 Å². The molecule has 0 saturated heterocycles. The van der Waals surface area contributed by atoms with E-state index < -0.39 is 6.61 Å². The number of rotatable bonds is 10. The first-order valence-corrected chi connectivity index (χ1v) is 8.70. The first kappa shape index (κ1) is 20.6. The van der Waals surface area contributed by atoms with E-state index >= 15 is 0 Å². The molecule has 1 rings (SSSR count). The normalized spacial score (nSPS) is 12.3. The van der Waals surface area contributed by atoms with Crippen molar-refractivity contribution < 1.29 is 13.5 Å². The Morgan fingerprint density at radius 2 is 1.83 bits per heavy atom. The van der Waals surface area contributed by atoms with Gasteiger partial charge in [0, 0.05) is 11.7 Å². The van der Waals surface area contributed by atoms with Crippen LogP contribution in [0.2, 0.25) is 0 Å². The third-order valence-corrected chi connectivity index (χ3v) is 3.94. The number of nitrogens with zero attached hydrogens (tertiary/aromatic N) is 1. The zero-order valence-corrected chi connectivity index (χ0v) is 15.3. The van der Waals surface area contributed by atoms with E-state index in [1.54, 1.807) is 12.1 Å². The molecule has 4 nitrogen and oxygen atoms in total. The van der Waals surface area contributed by atoms with Gasteiger partial charge in [-0.25, -0.2) is 0 Å². The summed E-state index contributed by atoms with van der Waals surface area (Å²) < 4.78 is 28.5. The molecule has 0 fully saturated rings. The number of nitrogens with one attached hydrogen (secondary N) is 2. The summed E-state index contributed by atoms with van der Waals surface area (Å²) in [6.07, 6.45) is 2.14. The van der Waals surface area contributed by atoms with Crippen molar-refractivity contribution in [2.24, 2.45) is 0 Å². The van der Waals surface area contributed by atoms with E-state index in [4.69, 9.17) is 12.2 Å². The fourth-order valence-electron chi connectivity index (χ4n) is 2.34. The second-order valence-electron chi connectivity index (χ2n) is 5.57. The molecule has 0 aliphatic rings. The van der Waals surface area contributed by atoms with Crippen molar-refractivity contribution >= 4 is 23.0 Å². The van der Waals surface area contributed by atoms with Crippen LogP contribution in [0.15, 0.2) is 24.3 Å². The molecule has 0 spiro atoms. The number of benzene rings is 1. The number of alkyl halides is 2. The molecule has 0 aliphatic heterocycles. The molecule has 0 aromatic heterocycles. The molecule has 0 amide bonds. The van der Waals surface area contributed by atoms with Crippen LogP contribution in [-0.4, -0.2) is 42.3 Å². The summed E-state index contributed by atoms with van der Waals surface area (Å²) in [4.78, 5) is 2.40. The van der Waals surface area contributed by atoms with Gasteiger partial charge in [-0.15, -0.1) is 0 Å². The largest absolute Gasteiger partial charge is 0.435 e. The molecule has 1 atom stereocenters. The molecule has 136 valence electrons. The van der Waals surface area contributed by atoms with Crippen LogP contribution in [0.5, 0.6) is 5.75 Å². The molecule has 1 unspecified atom stereocenters. The fourth-order valence-corrected chi connectivity index (χ4v) is 2.66. The van der Waals surface area contributed by atoms with Crippen molar-refractivity contribution in [1.82, 2.24) is 10.2 Å². The highest BCUT2D eigenvalue weighted by molar-refractivity contribution is 7.80. The molecule has 1 aromatic rings. The Morgan fingerprint density at radius 3 is 2.38 bits per heavy atom. The van der Waals surface area contributed by atoms with Gasteiger partial charge in [0.25, 0.3) is 0 Å². The van der Waals surface area contributed by atoms with E-state index in [0.717, 1.165) is 38.2 Å². The number of halogens is 2. The number of thiocarbonyl (C=S) groups is 1. The zero-order chi connectivity index (χ0) is 17.9. The molecular weight excluding hydrogens is 332 g/mol. The van der Waals surface area contributed by atoms with Gasteiger partial charge in [-0.3, -0.25) is 0 Å². The molecule has 0 bridgehead atoms. The van der Waals surface area contributed by atoms with Gasteiger partial charge in [0.15, 0.2) is 5.11 Å². The predicted octanol–water partition coefficient (Wildman–Crippen LogP) is 4.08. The van der Waals surface area contributed by atoms with Gasteiger partial charge >= 0.3 is 6.61 Å². The minimum Gasteiger partial charge on any atom is -0.435 e. The lowest BCUT2D eigenvalue weighted by Gasteiger charge is -2.20. The smallest absolute Gasteiger partial charge is 0.387 e. The molecule has 24 heavy (non-hydrogen) atoms. The molecule has 0 heterocycles. The van der Waals surface area contributed by atoms with Crippen LogP contribution in [0.4, 0.5) is 14.5 Å². The molecule has 0 aliphatic carbocycles. The summed E-state index contributed by atoms with van der Waals surface area (Å²) >= 11 is 5.28. The van der Waals surface area contributed by atoms with E-state index in [1.165, 1.54) is 12.1 Å². The van der Waals surface area contributed by atoms with Crippen molar-refractivity contribution in [2.75, 3.05) is 25.0 Å². The Morgan fingerprint density at radius 1 is 1.21 bits per heavy atom. The van der Waals surface area contributed by atoms with Gasteiger partial charge in [-0.1, -0.05) is 13.8 Å². The standard InChI is InChI=1S/C17H27F2N3OS/c1-4-22(5-2)12-6-7-13(3)20-17(24)21-14-8-10-15(11-9-14)23-16(18)19/h8-11,13,16H,4-7,12H2,1-3H3,(H2,20,21,24). The van der Waals surface area contributed by atoms with Crippen LogP contribution in [-0.2, 0) is 0 Å². The second kappa shape index (κ2) is 11.1. The van der Waals surface area contributed by atoms with Crippen molar-refractivity contribution in [2.45, 2.75) is 46.3 Å². The Labute approximate surface area is 148 Å². The minimum atomic E-state index is -2.82. The average Bonchev–Trinajstić information content (AvgIpc) is 2.53. The zero-order valence-electron chi connectivity index (χ0n) is 14.5. The second-order valence-corrected chi connectivity index (χ2v) is 5.98. The highest BCUT2D eigenvalue weighted by Crippen LogP contribution is 2.17. The lowest BCUT2D eigenvalue weighted by Crippen LogP contribution is -2.36. The summed E-state index contributed by atoms with van der Waals surface area (Å²) in [5.74, 6) is 0.124.